The second-order valence-corrected chi connectivity index (χ2v) is 7.65. The summed E-state index contributed by atoms with van der Waals surface area (Å²) in [4.78, 5) is 0. The van der Waals surface area contributed by atoms with Crippen LogP contribution in [0.25, 0.3) is 0 Å². The van der Waals surface area contributed by atoms with E-state index in [2.05, 4.69) is 24.3 Å². The van der Waals surface area contributed by atoms with E-state index >= 15 is 0 Å². The molecule has 4 fully saturated rings. The second-order valence-electron chi connectivity index (χ2n) is 7.65. The number of aliphatic hydroxyl groups excluding tert-OH is 1. The first kappa shape index (κ1) is 13.6. The Morgan fingerprint density at radius 2 is 1.52 bits per heavy atom. The van der Waals surface area contributed by atoms with E-state index in [0.29, 0.717) is 18.4 Å². The van der Waals surface area contributed by atoms with Gasteiger partial charge >= 0.3 is 0 Å². The SMILES string of the molecule is OCCCOc1ccc(C23CC4CC(CC(C4)C2)C3)cc1. The Morgan fingerprint density at radius 3 is 2.05 bits per heavy atom. The maximum atomic E-state index is 8.80. The van der Waals surface area contributed by atoms with Gasteiger partial charge in [0.2, 0.25) is 0 Å². The standard InChI is InChI=1S/C19H26O2/c20-6-1-7-21-18-4-2-17(3-5-18)19-11-14-8-15(12-19)10-16(9-14)13-19/h2-5,14-16,20H,1,6-13H2. The fourth-order valence-electron chi connectivity index (χ4n) is 5.62. The molecular weight excluding hydrogens is 260 g/mol. The first-order valence-electron chi connectivity index (χ1n) is 8.62. The van der Waals surface area contributed by atoms with E-state index in [1.54, 1.807) is 5.56 Å². The molecule has 0 atom stereocenters. The molecule has 1 N–H and O–H groups in total. The van der Waals surface area contributed by atoms with Crippen LogP contribution in [0.2, 0.25) is 0 Å². The molecule has 0 aromatic heterocycles. The van der Waals surface area contributed by atoms with Crippen molar-refractivity contribution in [3.8, 4) is 5.75 Å². The lowest BCUT2D eigenvalue weighted by Gasteiger charge is -2.57. The molecular formula is C19H26O2. The summed E-state index contributed by atoms with van der Waals surface area (Å²) < 4.78 is 5.66. The number of hydrogen-bond donors (Lipinski definition) is 1. The summed E-state index contributed by atoms with van der Waals surface area (Å²) in [6.45, 7) is 0.804. The summed E-state index contributed by atoms with van der Waals surface area (Å²) in [5.41, 5.74) is 2.04. The quantitative estimate of drug-likeness (QED) is 0.831. The van der Waals surface area contributed by atoms with Crippen molar-refractivity contribution in [3.63, 3.8) is 0 Å². The van der Waals surface area contributed by atoms with E-state index in [1.165, 1.54) is 38.5 Å². The first-order chi connectivity index (χ1) is 10.3. The molecule has 0 heterocycles. The van der Waals surface area contributed by atoms with Crippen LogP contribution in [0, 0.1) is 17.8 Å². The van der Waals surface area contributed by atoms with Gasteiger partial charge in [0.1, 0.15) is 5.75 Å². The predicted molar refractivity (Wildman–Crippen MR) is 83.5 cm³/mol. The number of aliphatic hydroxyl groups is 1. The minimum atomic E-state index is 0.200. The van der Waals surface area contributed by atoms with Gasteiger partial charge < -0.3 is 9.84 Å². The topological polar surface area (TPSA) is 29.5 Å². The molecule has 2 heteroatoms. The minimum absolute atomic E-state index is 0.200. The Hall–Kier alpha value is -1.02. The van der Waals surface area contributed by atoms with Crippen molar-refractivity contribution in [2.24, 2.45) is 17.8 Å². The van der Waals surface area contributed by atoms with Crippen molar-refractivity contribution in [1.29, 1.82) is 0 Å². The molecule has 21 heavy (non-hydrogen) atoms. The van der Waals surface area contributed by atoms with Crippen LogP contribution in [0.3, 0.4) is 0 Å². The van der Waals surface area contributed by atoms with Crippen molar-refractivity contribution in [1.82, 2.24) is 0 Å². The molecule has 0 aliphatic heterocycles. The normalized spacial score (nSPS) is 36.9. The molecule has 0 spiro atoms. The van der Waals surface area contributed by atoms with Crippen LogP contribution in [-0.2, 0) is 5.41 Å². The van der Waals surface area contributed by atoms with Gasteiger partial charge in [0, 0.05) is 13.0 Å². The summed E-state index contributed by atoms with van der Waals surface area (Å²) >= 11 is 0. The van der Waals surface area contributed by atoms with Gasteiger partial charge in [0.25, 0.3) is 0 Å². The van der Waals surface area contributed by atoms with Crippen molar-refractivity contribution in [2.45, 2.75) is 50.4 Å². The monoisotopic (exact) mass is 286 g/mol. The fourth-order valence-corrected chi connectivity index (χ4v) is 5.62. The molecule has 2 nitrogen and oxygen atoms in total. The third-order valence-electron chi connectivity index (χ3n) is 6.08. The van der Waals surface area contributed by atoms with Crippen LogP contribution < -0.4 is 4.74 Å². The smallest absolute Gasteiger partial charge is 0.119 e. The number of hydrogen-bond acceptors (Lipinski definition) is 2. The second kappa shape index (κ2) is 5.31. The fraction of sp³-hybridized carbons (Fsp3) is 0.684. The van der Waals surface area contributed by atoms with Gasteiger partial charge in [-0.15, -0.1) is 0 Å². The summed E-state index contributed by atoms with van der Waals surface area (Å²) in [5.74, 6) is 3.93. The lowest BCUT2D eigenvalue weighted by molar-refractivity contribution is -0.00520. The largest absolute Gasteiger partial charge is 0.494 e. The first-order valence-corrected chi connectivity index (χ1v) is 8.62. The summed E-state index contributed by atoms with van der Waals surface area (Å²) in [6, 6.07) is 8.87. The highest BCUT2D eigenvalue weighted by Crippen LogP contribution is 2.60. The molecule has 1 aromatic carbocycles. The number of benzene rings is 1. The highest BCUT2D eigenvalue weighted by Gasteiger charge is 2.51. The van der Waals surface area contributed by atoms with E-state index < -0.39 is 0 Å². The predicted octanol–water partition coefficient (Wildman–Crippen LogP) is 3.92. The lowest BCUT2D eigenvalue weighted by atomic mass is 9.48. The molecule has 0 unspecified atom stereocenters. The average molecular weight is 286 g/mol. The van der Waals surface area contributed by atoms with Gasteiger partial charge in [-0.2, -0.15) is 0 Å². The van der Waals surface area contributed by atoms with Crippen LogP contribution in [-0.4, -0.2) is 18.3 Å². The van der Waals surface area contributed by atoms with E-state index in [9.17, 15) is 0 Å². The molecule has 0 saturated heterocycles. The van der Waals surface area contributed by atoms with Gasteiger partial charge in [0.15, 0.2) is 0 Å². The number of ether oxygens (including phenoxy) is 1. The lowest BCUT2D eigenvalue weighted by Crippen LogP contribution is -2.48. The summed E-state index contributed by atoms with van der Waals surface area (Å²) in [7, 11) is 0. The van der Waals surface area contributed by atoms with Gasteiger partial charge in [-0.25, -0.2) is 0 Å². The van der Waals surface area contributed by atoms with Gasteiger partial charge in [-0.1, -0.05) is 12.1 Å². The molecule has 4 aliphatic carbocycles. The van der Waals surface area contributed by atoms with Crippen LogP contribution in [0.15, 0.2) is 24.3 Å². The molecule has 0 radical (unpaired) electrons. The average Bonchev–Trinajstić information content (AvgIpc) is 2.47. The zero-order valence-electron chi connectivity index (χ0n) is 12.8. The van der Waals surface area contributed by atoms with E-state index in [4.69, 9.17) is 9.84 Å². The summed E-state index contributed by atoms with van der Waals surface area (Å²) in [5, 5.41) is 8.80. The molecule has 0 amide bonds. The Labute approximate surface area is 127 Å². The Morgan fingerprint density at radius 1 is 0.952 bits per heavy atom. The zero-order valence-corrected chi connectivity index (χ0v) is 12.8. The Bertz CT molecular complexity index is 456. The van der Waals surface area contributed by atoms with E-state index in [-0.39, 0.29) is 6.61 Å². The summed E-state index contributed by atoms with van der Waals surface area (Å²) in [6.07, 6.45) is 9.47. The van der Waals surface area contributed by atoms with Crippen molar-refractivity contribution in [3.05, 3.63) is 29.8 Å². The maximum absolute atomic E-state index is 8.80. The molecule has 4 saturated carbocycles. The minimum Gasteiger partial charge on any atom is -0.494 e. The van der Waals surface area contributed by atoms with Crippen molar-refractivity contribution >= 4 is 0 Å². The molecule has 114 valence electrons. The van der Waals surface area contributed by atoms with Crippen molar-refractivity contribution in [2.75, 3.05) is 13.2 Å². The van der Waals surface area contributed by atoms with Crippen LogP contribution >= 0.6 is 0 Å². The van der Waals surface area contributed by atoms with E-state index in [1.807, 2.05) is 0 Å². The van der Waals surface area contributed by atoms with Crippen LogP contribution in [0.1, 0.15) is 50.5 Å². The molecule has 4 bridgehead atoms. The van der Waals surface area contributed by atoms with Crippen LogP contribution in [0.5, 0.6) is 5.75 Å². The molecule has 4 aliphatic rings. The van der Waals surface area contributed by atoms with Crippen molar-refractivity contribution < 1.29 is 9.84 Å². The van der Waals surface area contributed by atoms with Gasteiger partial charge in [-0.05, 0) is 79.4 Å². The third-order valence-corrected chi connectivity index (χ3v) is 6.08. The third kappa shape index (κ3) is 2.48. The Kier molecular flexibility index (Phi) is 3.45. The molecule has 5 rings (SSSR count). The Balaban J connectivity index is 1.51. The molecule has 1 aromatic rings. The number of rotatable bonds is 5. The highest BCUT2D eigenvalue weighted by atomic mass is 16.5. The van der Waals surface area contributed by atoms with Gasteiger partial charge in [-0.3, -0.25) is 0 Å². The maximum Gasteiger partial charge on any atom is 0.119 e. The highest BCUT2D eigenvalue weighted by molar-refractivity contribution is 5.34. The van der Waals surface area contributed by atoms with Gasteiger partial charge in [0.05, 0.1) is 6.61 Å². The van der Waals surface area contributed by atoms with Crippen LogP contribution in [0.4, 0.5) is 0 Å². The zero-order chi connectivity index (χ0) is 14.3. The van der Waals surface area contributed by atoms with E-state index in [0.717, 1.165) is 23.5 Å².